The van der Waals surface area contributed by atoms with Crippen LogP contribution in [0, 0.1) is 5.92 Å². The number of hydrogen-bond donors (Lipinski definition) is 1. The Kier molecular flexibility index (Phi) is 7.87. The van der Waals surface area contributed by atoms with Crippen molar-refractivity contribution >= 4 is 0 Å². The second-order valence-corrected chi connectivity index (χ2v) is 5.98. The molecule has 0 heterocycles. The molecule has 0 saturated heterocycles. The van der Waals surface area contributed by atoms with Gasteiger partial charge in [-0.2, -0.15) is 0 Å². The minimum absolute atomic E-state index is 0.344. The predicted octanol–water partition coefficient (Wildman–Crippen LogP) is 2.51. The largest absolute Gasteiger partial charge is 0.377 e. The lowest BCUT2D eigenvalue weighted by Crippen LogP contribution is -2.44. The third-order valence-corrected chi connectivity index (χ3v) is 4.02. The van der Waals surface area contributed by atoms with E-state index < -0.39 is 0 Å². The number of nitrogens with zero attached hydrogens (tertiary/aromatic N) is 1. The molecule has 1 aliphatic rings. The fraction of sp³-hybridized carbons (Fsp3) is 1.00. The van der Waals surface area contributed by atoms with Crippen LogP contribution >= 0.6 is 0 Å². The summed E-state index contributed by atoms with van der Waals surface area (Å²) in [4.78, 5) is 2.40. The molecule has 0 aliphatic heterocycles. The Morgan fingerprint density at radius 2 is 1.89 bits per heavy atom. The van der Waals surface area contributed by atoms with E-state index in [4.69, 9.17) is 4.74 Å². The van der Waals surface area contributed by atoms with Gasteiger partial charge in [-0.15, -0.1) is 0 Å². The van der Waals surface area contributed by atoms with Crippen LogP contribution in [-0.4, -0.2) is 50.8 Å². The lowest BCUT2D eigenvalue weighted by molar-refractivity contribution is 0.0603. The number of hydrogen-bond acceptors (Lipinski definition) is 3. The molecule has 0 spiro atoms. The number of likely N-dealkylation sites (N-methyl/N-ethyl adjacent to an activating group) is 2. The first-order chi connectivity index (χ1) is 8.63. The Morgan fingerprint density at radius 3 is 2.44 bits per heavy atom. The summed E-state index contributed by atoms with van der Waals surface area (Å²) in [6.07, 6.45) is 7.43. The molecule has 0 aromatic rings. The van der Waals surface area contributed by atoms with E-state index in [0.717, 1.165) is 25.6 Å². The summed E-state index contributed by atoms with van der Waals surface area (Å²) >= 11 is 0. The molecule has 1 aliphatic carbocycles. The molecule has 0 radical (unpaired) electrons. The van der Waals surface area contributed by atoms with E-state index in [9.17, 15) is 0 Å². The lowest BCUT2D eigenvalue weighted by Gasteiger charge is -2.33. The molecule has 108 valence electrons. The molecule has 0 aromatic carbocycles. The number of ether oxygens (including phenoxy) is 1. The van der Waals surface area contributed by atoms with Gasteiger partial charge in [-0.3, -0.25) is 0 Å². The van der Waals surface area contributed by atoms with Crippen LogP contribution in [0.5, 0.6) is 0 Å². The summed E-state index contributed by atoms with van der Waals surface area (Å²) in [6.45, 7) is 7.21. The average molecular weight is 256 g/mol. The van der Waals surface area contributed by atoms with Crippen molar-refractivity contribution in [2.75, 3.05) is 33.8 Å². The highest BCUT2D eigenvalue weighted by atomic mass is 16.5. The molecule has 1 N–H and O–H groups in total. The zero-order valence-electron chi connectivity index (χ0n) is 12.7. The second-order valence-electron chi connectivity index (χ2n) is 5.98. The molecule has 0 aromatic heterocycles. The van der Waals surface area contributed by atoms with Crippen LogP contribution in [0.3, 0.4) is 0 Å². The van der Waals surface area contributed by atoms with Gasteiger partial charge < -0.3 is 15.0 Å². The summed E-state index contributed by atoms with van der Waals surface area (Å²) in [6, 6.07) is 0.648. The van der Waals surface area contributed by atoms with Crippen LogP contribution in [0.2, 0.25) is 0 Å². The maximum absolute atomic E-state index is 5.61. The zero-order chi connectivity index (χ0) is 13.4. The van der Waals surface area contributed by atoms with Crippen molar-refractivity contribution < 1.29 is 4.74 Å². The Hall–Kier alpha value is -0.120. The average Bonchev–Trinajstić information content (AvgIpc) is 2.36. The van der Waals surface area contributed by atoms with Crippen molar-refractivity contribution in [3.63, 3.8) is 0 Å². The second kappa shape index (κ2) is 8.89. The Morgan fingerprint density at radius 1 is 1.22 bits per heavy atom. The summed E-state index contributed by atoms with van der Waals surface area (Å²) < 4.78 is 5.61. The highest BCUT2D eigenvalue weighted by molar-refractivity contribution is 4.80. The van der Waals surface area contributed by atoms with Gasteiger partial charge in [0.15, 0.2) is 0 Å². The molecule has 1 rings (SSSR count). The number of rotatable bonds is 8. The topological polar surface area (TPSA) is 24.5 Å². The summed E-state index contributed by atoms with van der Waals surface area (Å²) in [5.74, 6) is 0.872. The highest BCUT2D eigenvalue weighted by Crippen LogP contribution is 2.26. The van der Waals surface area contributed by atoms with Gasteiger partial charge >= 0.3 is 0 Å². The van der Waals surface area contributed by atoms with E-state index in [0.29, 0.717) is 12.1 Å². The lowest BCUT2D eigenvalue weighted by atomic mass is 9.84. The third kappa shape index (κ3) is 6.17. The van der Waals surface area contributed by atoms with Crippen molar-refractivity contribution in [2.24, 2.45) is 5.92 Å². The molecule has 3 nitrogen and oxygen atoms in total. The molecule has 3 heteroatoms. The van der Waals surface area contributed by atoms with Crippen molar-refractivity contribution in [3.8, 4) is 0 Å². The minimum Gasteiger partial charge on any atom is -0.377 e. The third-order valence-electron chi connectivity index (χ3n) is 4.02. The molecule has 1 fully saturated rings. The summed E-state index contributed by atoms with van der Waals surface area (Å²) in [5.41, 5.74) is 0. The van der Waals surface area contributed by atoms with Gasteiger partial charge in [-0.05, 0) is 46.7 Å². The molecule has 0 amide bonds. The molecule has 1 saturated carbocycles. The van der Waals surface area contributed by atoms with Gasteiger partial charge in [-0.1, -0.05) is 19.3 Å². The normalized spacial score (nSPS) is 19.7. The Labute approximate surface area is 113 Å². The van der Waals surface area contributed by atoms with Gasteiger partial charge in [-0.25, -0.2) is 0 Å². The Bertz CT molecular complexity index is 203. The van der Waals surface area contributed by atoms with E-state index >= 15 is 0 Å². The smallest absolute Gasteiger partial charge is 0.0596 e. The van der Waals surface area contributed by atoms with E-state index in [1.165, 1.54) is 32.1 Å². The first-order valence-corrected chi connectivity index (χ1v) is 7.61. The molecular formula is C15H32N2O. The van der Waals surface area contributed by atoms with Crippen LogP contribution in [0.25, 0.3) is 0 Å². The van der Waals surface area contributed by atoms with Gasteiger partial charge in [0.1, 0.15) is 0 Å². The monoisotopic (exact) mass is 256 g/mol. The Balaban J connectivity index is 2.23. The maximum atomic E-state index is 5.61. The van der Waals surface area contributed by atoms with Crippen LogP contribution < -0.4 is 5.32 Å². The van der Waals surface area contributed by atoms with E-state index in [1.807, 2.05) is 0 Å². The predicted molar refractivity (Wildman–Crippen MR) is 78.0 cm³/mol. The maximum Gasteiger partial charge on any atom is 0.0596 e. The van der Waals surface area contributed by atoms with Crippen molar-refractivity contribution in [3.05, 3.63) is 0 Å². The highest BCUT2D eigenvalue weighted by Gasteiger charge is 2.23. The minimum atomic E-state index is 0.344. The first-order valence-electron chi connectivity index (χ1n) is 7.61. The van der Waals surface area contributed by atoms with Gasteiger partial charge in [0, 0.05) is 19.1 Å². The van der Waals surface area contributed by atoms with Crippen molar-refractivity contribution in [2.45, 2.75) is 58.1 Å². The van der Waals surface area contributed by atoms with E-state index in [1.54, 1.807) is 0 Å². The summed E-state index contributed by atoms with van der Waals surface area (Å²) in [5, 5.41) is 3.52. The van der Waals surface area contributed by atoms with Crippen LogP contribution in [0.1, 0.15) is 46.0 Å². The first kappa shape index (κ1) is 15.9. The SMILES string of the molecule is CNC(CN(C)CCOC(C)C)C1CCCCC1. The van der Waals surface area contributed by atoms with Crippen molar-refractivity contribution in [1.29, 1.82) is 0 Å². The molecular weight excluding hydrogens is 224 g/mol. The van der Waals surface area contributed by atoms with Gasteiger partial charge in [0.2, 0.25) is 0 Å². The van der Waals surface area contributed by atoms with E-state index in [-0.39, 0.29) is 0 Å². The zero-order valence-corrected chi connectivity index (χ0v) is 12.7. The molecule has 0 bridgehead atoms. The van der Waals surface area contributed by atoms with Crippen LogP contribution in [-0.2, 0) is 4.74 Å². The standard InChI is InChI=1S/C15H32N2O/c1-13(2)18-11-10-17(4)12-15(16-3)14-8-6-5-7-9-14/h13-16H,5-12H2,1-4H3. The fourth-order valence-corrected chi connectivity index (χ4v) is 2.88. The van der Waals surface area contributed by atoms with Gasteiger partial charge in [0.25, 0.3) is 0 Å². The molecule has 1 atom stereocenters. The quantitative estimate of drug-likeness (QED) is 0.722. The number of nitrogens with one attached hydrogen (secondary N) is 1. The van der Waals surface area contributed by atoms with Crippen molar-refractivity contribution in [1.82, 2.24) is 10.2 Å². The van der Waals surface area contributed by atoms with Gasteiger partial charge in [0.05, 0.1) is 12.7 Å². The van der Waals surface area contributed by atoms with Crippen LogP contribution in [0.15, 0.2) is 0 Å². The molecule has 1 unspecified atom stereocenters. The summed E-state index contributed by atoms with van der Waals surface area (Å²) in [7, 11) is 4.31. The van der Waals surface area contributed by atoms with E-state index in [2.05, 4.69) is 38.2 Å². The fourth-order valence-electron chi connectivity index (χ4n) is 2.88. The molecule has 18 heavy (non-hydrogen) atoms. The van der Waals surface area contributed by atoms with Crippen LogP contribution in [0.4, 0.5) is 0 Å².